The van der Waals surface area contributed by atoms with Gasteiger partial charge in [-0.05, 0) is 18.6 Å². The van der Waals surface area contributed by atoms with E-state index < -0.39 is 17.7 Å². The average Bonchev–Trinajstić information content (AvgIpc) is 2.53. The Bertz CT molecular complexity index is 697. The molecule has 5 nitrogen and oxygen atoms in total. The maximum Gasteiger partial charge on any atom is 0.316 e. The number of hydrogen-bond acceptors (Lipinski definition) is 5. The van der Waals surface area contributed by atoms with Gasteiger partial charge in [-0.1, -0.05) is 30.0 Å². The van der Waals surface area contributed by atoms with Crippen LogP contribution in [0.5, 0.6) is 0 Å². The van der Waals surface area contributed by atoms with E-state index in [1.807, 2.05) is 6.07 Å². The number of carbonyl (C=O) groups is 2. The summed E-state index contributed by atoms with van der Waals surface area (Å²) >= 11 is 1.01. The molecule has 23 heavy (non-hydrogen) atoms. The van der Waals surface area contributed by atoms with Gasteiger partial charge in [-0.25, -0.2) is 4.39 Å². The lowest BCUT2D eigenvalue weighted by atomic mass is 9.87. The number of hydrogen-bond donors (Lipinski definition) is 1. The summed E-state index contributed by atoms with van der Waals surface area (Å²) in [5, 5.41) is 12.3. The minimum absolute atomic E-state index is 0.00665. The molecule has 1 N–H and O–H groups in total. The van der Waals surface area contributed by atoms with Gasteiger partial charge in [-0.3, -0.25) is 9.59 Å². The fourth-order valence-electron chi connectivity index (χ4n) is 2.29. The Morgan fingerprint density at radius 1 is 1.52 bits per heavy atom. The minimum atomic E-state index is -0.653. The van der Waals surface area contributed by atoms with Gasteiger partial charge in [0.25, 0.3) is 0 Å². The largest absolute Gasteiger partial charge is 0.465 e. The maximum atomic E-state index is 14.0. The van der Waals surface area contributed by atoms with E-state index in [1.54, 1.807) is 25.1 Å². The van der Waals surface area contributed by atoms with Gasteiger partial charge in [0.1, 0.15) is 5.82 Å². The third-order valence-corrected chi connectivity index (χ3v) is 4.27. The molecule has 2 rings (SSSR count). The molecule has 1 aliphatic heterocycles. The van der Waals surface area contributed by atoms with Crippen LogP contribution >= 0.6 is 11.8 Å². The first kappa shape index (κ1) is 17.0. The highest BCUT2D eigenvalue weighted by Crippen LogP contribution is 2.36. The number of nitrogens with zero attached hydrogens (tertiary/aromatic N) is 1. The quantitative estimate of drug-likeness (QED) is 0.837. The van der Waals surface area contributed by atoms with Crippen molar-refractivity contribution in [3.63, 3.8) is 0 Å². The van der Waals surface area contributed by atoms with Crippen molar-refractivity contribution in [2.24, 2.45) is 0 Å². The highest BCUT2D eigenvalue weighted by atomic mass is 32.2. The number of nitriles is 1. The van der Waals surface area contributed by atoms with Gasteiger partial charge in [-0.2, -0.15) is 5.26 Å². The fourth-order valence-corrected chi connectivity index (χ4v) is 3.17. The van der Waals surface area contributed by atoms with Gasteiger partial charge in [0.15, 0.2) is 0 Å². The Morgan fingerprint density at radius 2 is 2.26 bits per heavy atom. The molecular weight excluding hydrogens is 319 g/mol. The third kappa shape index (κ3) is 4.11. The maximum absolute atomic E-state index is 14.0. The van der Waals surface area contributed by atoms with E-state index in [0.29, 0.717) is 5.56 Å². The summed E-state index contributed by atoms with van der Waals surface area (Å²) in [6.07, 6.45) is -0.00665. The number of thioether (sulfide) groups is 1. The number of allylic oxidation sites excluding steroid dienone is 1. The van der Waals surface area contributed by atoms with Crippen molar-refractivity contribution in [3.05, 3.63) is 46.2 Å². The summed E-state index contributed by atoms with van der Waals surface area (Å²) in [6, 6.07) is 8.09. The van der Waals surface area contributed by atoms with Crippen molar-refractivity contribution in [3.8, 4) is 6.07 Å². The van der Waals surface area contributed by atoms with E-state index in [-0.39, 0.29) is 35.3 Å². The SMILES string of the molecule is CCOC(=O)CSC1=C(C#N)[C@H](c2ccccc2F)CC(=O)N1. The summed E-state index contributed by atoms with van der Waals surface area (Å²) < 4.78 is 18.8. The molecule has 1 atom stereocenters. The number of ether oxygens (including phenoxy) is 1. The minimum Gasteiger partial charge on any atom is -0.465 e. The Morgan fingerprint density at radius 3 is 2.91 bits per heavy atom. The molecule has 1 heterocycles. The summed E-state index contributed by atoms with van der Waals surface area (Å²) in [6.45, 7) is 1.95. The van der Waals surface area contributed by atoms with Crippen LogP contribution in [0.25, 0.3) is 0 Å². The molecule has 0 aromatic heterocycles. The highest BCUT2D eigenvalue weighted by Gasteiger charge is 2.31. The van der Waals surface area contributed by atoms with E-state index >= 15 is 0 Å². The van der Waals surface area contributed by atoms with Crippen molar-refractivity contribution in [2.45, 2.75) is 19.3 Å². The van der Waals surface area contributed by atoms with E-state index in [2.05, 4.69) is 5.32 Å². The van der Waals surface area contributed by atoms with Crippen LogP contribution in [0.15, 0.2) is 34.9 Å². The van der Waals surface area contributed by atoms with E-state index in [0.717, 1.165) is 11.8 Å². The summed E-state index contributed by atoms with van der Waals surface area (Å²) in [5.41, 5.74) is 0.553. The Balaban J connectivity index is 2.30. The number of benzene rings is 1. The van der Waals surface area contributed by atoms with Crippen LogP contribution < -0.4 is 5.32 Å². The number of carbonyl (C=O) groups excluding carboxylic acids is 2. The molecule has 0 radical (unpaired) electrons. The first-order valence-electron chi connectivity index (χ1n) is 7.03. The third-order valence-electron chi connectivity index (χ3n) is 3.28. The Labute approximate surface area is 137 Å². The van der Waals surface area contributed by atoms with Crippen LogP contribution in [0.1, 0.15) is 24.8 Å². The van der Waals surface area contributed by atoms with Gasteiger partial charge in [-0.15, -0.1) is 0 Å². The van der Waals surface area contributed by atoms with E-state index in [4.69, 9.17) is 4.74 Å². The average molecular weight is 334 g/mol. The second-order valence-electron chi connectivity index (χ2n) is 4.77. The second kappa shape index (κ2) is 7.79. The first-order chi connectivity index (χ1) is 11.1. The molecular formula is C16H15FN2O3S. The molecule has 7 heteroatoms. The zero-order chi connectivity index (χ0) is 16.8. The van der Waals surface area contributed by atoms with Crippen LogP contribution in [0, 0.1) is 17.1 Å². The van der Waals surface area contributed by atoms with Crippen LogP contribution in [-0.4, -0.2) is 24.2 Å². The van der Waals surface area contributed by atoms with Crippen molar-refractivity contribution >= 4 is 23.6 Å². The van der Waals surface area contributed by atoms with Crippen LogP contribution in [-0.2, 0) is 14.3 Å². The lowest BCUT2D eigenvalue weighted by Gasteiger charge is -2.25. The molecule has 0 spiro atoms. The molecule has 1 aromatic carbocycles. The summed E-state index contributed by atoms with van der Waals surface area (Å²) in [4.78, 5) is 23.3. The predicted molar refractivity (Wildman–Crippen MR) is 83.6 cm³/mol. The monoisotopic (exact) mass is 334 g/mol. The lowest BCUT2D eigenvalue weighted by Crippen LogP contribution is -2.31. The normalized spacial score (nSPS) is 17.4. The molecule has 0 saturated heterocycles. The van der Waals surface area contributed by atoms with E-state index in [1.165, 1.54) is 6.07 Å². The highest BCUT2D eigenvalue weighted by molar-refractivity contribution is 8.03. The van der Waals surface area contributed by atoms with Crippen LogP contribution in [0.2, 0.25) is 0 Å². The Hall–Kier alpha value is -2.33. The van der Waals surface area contributed by atoms with Gasteiger partial charge in [0, 0.05) is 12.3 Å². The predicted octanol–water partition coefficient (Wildman–Crippen LogP) is 2.46. The molecule has 1 aliphatic rings. The van der Waals surface area contributed by atoms with Gasteiger partial charge < -0.3 is 10.1 Å². The summed E-state index contributed by atoms with van der Waals surface area (Å²) in [7, 11) is 0. The Kier molecular flexibility index (Phi) is 5.77. The van der Waals surface area contributed by atoms with E-state index in [9.17, 15) is 19.2 Å². The van der Waals surface area contributed by atoms with Crippen LogP contribution in [0.3, 0.4) is 0 Å². The molecule has 0 bridgehead atoms. The number of rotatable bonds is 5. The fraction of sp³-hybridized carbons (Fsp3) is 0.312. The van der Waals surface area contributed by atoms with Gasteiger partial charge >= 0.3 is 5.97 Å². The van der Waals surface area contributed by atoms with Gasteiger partial charge in [0.05, 0.1) is 29.0 Å². The zero-order valence-corrected chi connectivity index (χ0v) is 13.3. The molecule has 1 aromatic rings. The topological polar surface area (TPSA) is 79.2 Å². The lowest BCUT2D eigenvalue weighted by molar-refractivity contribution is -0.139. The van der Waals surface area contributed by atoms with Crippen LogP contribution in [0.4, 0.5) is 4.39 Å². The summed E-state index contributed by atoms with van der Waals surface area (Å²) in [5.74, 6) is -1.90. The number of amides is 1. The van der Waals surface area contributed by atoms with Crippen molar-refractivity contribution in [1.82, 2.24) is 5.32 Å². The first-order valence-corrected chi connectivity index (χ1v) is 8.02. The van der Waals surface area contributed by atoms with Crippen molar-refractivity contribution < 1.29 is 18.7 Å². The number of nitrogens with one attached hydrogen (secondary N) is 1. The molecule has 0 fully saturated rings. The van der Waals surface area contributed by atoms with Crippen molar-refractivity contribution in [2.75, 3.05) is 12.4 Å². The molecule has 1 amide bonds. The standard InChI is InChI=1S/C16H15FN2O3S/c1-2-22-15(21)9-23-16-12(8-18)11(7-14(20)19-16)10-5-3-4-6-13(10)17/h3-6,11H,2,7,9H2,1H3,(H,19,20)/t11-/m0/s1. The van der Waals surface area contributed by atoms with Crippen molar-refractivity contribution in [1.29, 1.82) is 5.26 Å². The molecule has 0 aliphatic carbocycles. The number of halogens is 1. The molecule has 120 valence electrons. The van der Waals surface area contributed by atoms with Gasteiger partial charge in [0.2, 0.25) is 5.91 Å². The smallest absolute Gasteiger partial charge is 0.316 e. The number of esters is 1. The molecule has 0 saturated carbocycles. The molecule has 0 unspecified atom stereocenters. The zero-order valence-electron chi connectivity index (χ0n) is 12.5. The second-order valence-corrected chi connectivity index (χ2v) is 5.76.